The number of hydrogen-bond donors (Lipinski definition) is 2. The lowest BCUT2D eigenvalue weighted by Crippen LogP contribution is -2.37. The van der Waals surface area contributed by atoms with Crippen molar-refractivity contribution in [2.45, 2.75) is 19.6 Å². The Hall–Kier alpha value is -1.58. The van der Waals surface area contributed by atoms with Crippen molar-refractivity contribution in [1.82, 2.24) is 5.32 Å². The molecule has 2 amide bonds. The van der Waals surface area contributed by atoms with E-state index in [2.05, 4.69) is 10.6 Å². The maximum atomic E-state index is 12.5. The first-order valence-electron chi connectivity index (χ1n) is 6.56. The van der Waals surface area contributed by atoms with Crippen molar-refractivity contribution in [2.24, 2.45) is 0 Å². The molecule has 0 saturated heterocycles. The molecular weight excluding hydrogens is 329 g/mol. The summed E-state index contributed by atoms with van der Waals surface area (Å²) in [6, 6.07) is 7.42. The van der Waals surface area contributed by atoms with E-state index in [1.54, 1.807) is 44.2 Å². The monoisotopic (exact) mass is 345 g/mol. The fraction of sp³-hybridized carbons (Fsp3) is 0.385. The van der Waals surface area contributed by atoms with Crippen molar-refractivity contribution in [3.05, 3.63) is 29.3 Å². The van der Waals surface area contributed by atoms with Crippen molar-refractivity contribution in [2.75, 3.05) is 18.5 Å². The van der Waals surface area contributed by atoms with Gasteiger partial charge >= 0.3 is 13.6 Å². The number of benzene rings is 1. The quantitative estimate of drug-likeness (QED) is 0.736. The molecule has 0 saturated carbocycles. The predicted molar refractivity (Wildman–Crippen MR) is 83.9 cm³/mol. The molecule has 1 aromatic rings. The summed E-state index contributed by atoms with van der Waals surface area (Å²) >= 11 is 5.74. The zero-order valence-corrected chi connectivity index (χ0v) is 13.9. The van der Waals surface area contributed by atoms with Crippen LogP contribution in [-0.4, -0.2) is 25.0 Å². The molecule has 0 aliphatic rings. The fourth-order valence-corrected chi connectivity index (χ4v) is 3.19. The maximum absolute atomic E-state index is 12.5. The van der Waals surface area contributed by atoms with Crippen LogP contribution in [0.25, 0.3) is 0 Å². The largest absolute Gasteiger partial charge is 0.367 e. The number of halogens is 1. The summed E-state index contributed by atoms with van der Waals surface area (Å²) in [6.07, 6.45) is 0. The predicted octanol–water partition coefficient (Wildman–Crippen LogP) is 3.58. The standard InChI is InChI=1S/C13H17ClN3O4P/c1-3-20-22(19,21-4-2)12(9-15)17-13(18)16-11-7-5-10(14)6-8-11/h5-8,12H,3-4H2,1-2H3,(H2,16,17,18). The van der Waals surface area contributed by atoms with Crippen LogP contribution in [0, 0.1) is 11.3 Å². The Morgan fingerprint density at radius 3 is 2.32 bits per heavy atom. The Kier molecular flexibility index (Phi) is 7.36. The number of rotatable bonds is 7. The smallest absolute Gasteiger partial charge is 0.312 e. The molecule has 1 unspecified atom stereocenters. The highest BCUT2D eigenvalue weighted by atomic mass is 35.5. The number of urea groups is 1. The van der Waals surface area contributed by atoms with Crippen molar-refractivity contribution in [3.8, 4) is 6.07 Å². The number of nitrogens with one attached hydrogen (secondary N) is 2. The van der Waals surface area contributed by atoms with Gasteiger partial charge in [-0.3, -0.25) is 4.57 Å². The molecule has 120 valence electrons. The average Bonchev–Trinajstić information content (AvgIpc) is 2.47. The van der Waals surface area contributed by atoms with E-state index >= 15 is 0 Å². The number of nitriles is 1. The Balaban J connectivity index is 2.76. The van der Waals surface area contributed by atoms with Gasteiger partial charge in [0.15, 0.2) is 0 Å². The van der Waals surface area contributed by atoms with Crippen LogP contribution in [0.2, 0.25) is 5.02 Å². The maximum Gasteiger partial charge on any atom is 0.367 e. The van der Waals surface area contributed by atoms with Crippen LogP contribution in [0.1, 0.15) is 13.8 Å². The van der Waals surface area contributed by atoms with Gasteiger partial charge in [0.25, 0.3) is 0 Å². The lowest BCUT2D eigenvalue weighted by Gasteiger charge is -2.22. The topological polar surface area (TPSA) is 100 Å². The zero-order chi connectivity index (χ0) is 16.6. The lowest BCUT2D eigenvalue weighted by molar-refractivity contribution is 0.211. The third kappa shape index (κ3) is 5.32. The van der Waals surface area contributed by atoms with Gasteiger partial charge in [-0.15, -0.1) is 0 Å². The molecule has 0 heterocycles. The van der Waals surface area contributed by atoms with Crippen LogP contribution in [0.3, 0.4) is 0 Å². The minimum atomic E-state index is -3.75. The Morgan fingerprint density at radius 1 is 1.32 bits per heavy atom. The van der Waals surface area contributed by atoms with Crippen LogP contribution in [0.15, 0.2) is 24.3 Å². The zero-order valence-electron chi connectivity index (χ0n) is 12.2. The molecule has 7 nitrogen and oxygen atoms in total. The van der Waals surface area contributed by atoms with Gasteiger partial charge in [-0.25, -0.2) is 4.79 Å². The van der Waals surface area contributed by atoms with E-state index in [0.29, 0.717) is 10.7 Å². The molecule has 2 N–H and O–H groups in total. The molecule has 0 aliphatic carbocycles. The fourth-order valence-electron chi connectivity index (χ4n) is 1.55. The van der Waals surface area contributed by atoms with Gasteiger partial charge < -0.3 is 19.7 Å². The minimum Gasteiger partial charge on any atom is -0.312 e. The van der Waals surface area contributed by atoms with E-state index in [1.807, 2.05) is 0 Å². The summed E-state index contributed by atoms with van der Waals surface area (Å²) in [4.78, 5) is 11.9. The molecule has 1 rings (SSSR count). The van der Waals surface area contributed by atoms with Crippen LogP contribution in [0.5, 0.6) is 0 Å². The summed E-state index contributed by atoms with van der Waals surface area (Å²) in [7, 11) is -3.75. The van der Waals surface area contributed by atoms with Gasteiger partial charge in [-0.2, -0.15) is 5.26 Å². The van der Waals surface area contributed by atoms with E-state index < -0.39 is 19.4 Å². The second-order valence-corrected chi connectivity index (χ2v) is 6.56. The first-order chi connectivity index (χ1) is 10.4. The summed E-state index contributed by atoms with van der Waals surface area (Å²) in [5.41, 5.74) is 0.473. The summed E-state index contributed by atoms with van der Waals surface area (Å²) in [5.74, 6) is -1.40. The van der Waals surface area contributed by atoms with E-state index in [1.165, 1.54) is 0 Å². The van der Waals surface area contributed by atoms with Crippen LogP contribution in [0.4, 0.5) is 10.5 Å². The summed E-state index contributed by atoms with van der Waals surface area (Å²) < 4.78 is 22.5. The number of nitrogens with zero attached hydrogens (tertiary/aromatic N) is 1. The number of amides is 2. The van der Waals surface area contributed by atoms with Crippen molar-refractivity contribution >= 4 is 30.9 Å². The lowest BCUT2D eigenvalue weighted by atomic mass is 10.3. The highest BCUT2D eigenvalue weighted by molar-refractivity contribution is 7.55. The average molecular weight is 346 g/mol. The molecule has 0 spiro atoms. The normalized spacial score (nSPS) is 12.3. The van der Waals surface area contributed by atoms with Gasteiger partial charge in [0.2, 0.25) is 5.78 Å². The van der Waals surface area contributed by atoms with Crippen molar-refractivity contribution < 1.29 is 18.4 Å². The van der Waals surface area contributed by atoms with Crippen LogP contribution >= 0.6 is 19.2 Å². The molecule has 0 bridgehead atoms. The third-order valence-corrected chi connectivity index (χ3v) is 4.79. The second-order valence-electron chi connectivity index (χ2n) is 4.01. The van der Waals surface area contributed by atoms with Gasteiger partial charge in [0.1, 0.15) is 6.07 Å². The van der Waals surface area contributed by atoms with Gasteiger partial charge in [-0.1, -0.05) is 11.6 Å². The van der Waals surface area contributed by atoms with E-state index in [4.69, 9.17) is 25.9 Å². The number of carbonyl (C=O) groups is 1. The molecule has 0 fully saturated rings. The minimum absolute atomic E-state index is 0.0932. The highest BCUT2D eigenvalue weighted by Crippen LogP contribution is 2.51. The third-order valence-electron chi connectivity index (χ3n) is 2.43. The molecular formula is C13H17ClN3O4P. The van der Waals surface area contributed by atoms with Gasteiger partial charge in [-0.05, 0) is 38.1 Å². The number of anilines is 1. The molecule has 0 radical (unpaired) electrons. The summed E-state index contributed by atoms with van der Waals surface area (Å²) in [6.45, 7) is 3.42. The van der Waals surface area contributed by atoms with Gasteiger partial charge in [0.05, 0.1) is 13.2 Å². The van der Waals surface area contributed by atoms with Gasteiger partial charge in [0, 0.05) is 10.7 Å². The Bertz CT molecular complexity index is 578. The Morgan fingerprint density at radius 2 is 1.86 bits per heavy atom. The van der Waals surface area contributed by atoms with Crippen molar-refractivity contribution in [1.29, 1.82) is 5.26 Å². The molecule has 0 aromatic heterocycles. The second kappa shape index (κ2) is 8.76. The Labute approximate surface area is 134 Å². The van der Waals surface area contributed by atoms with Crippen molar-refractivity contribution in [3.63, 3.8) is 0 Å². The van der Waals surface area contributed by atoms with Crippen LogP contribution < -0.4 is 10.6 Å². The molecule has 1 atom stereocenters. The molecule has 9 heteroatoms. The molecule has 1 aromatic carbocycles. The number of hydrogen-bond acceptors (Lipinski definition) is 5. The summed E-state index contributed by atoms with van der Waals surface area (Å²) in [5, 5.41) is 14.4. The van der Waals surface area contributed by atoms with E-state index in [9.17, 15) is 9.36 Å². The molecule has 0 aliphatic heterocycles. The molecule has 22 heavy (non-hydrogen) atoms. The SMILES string of the molecule is CCOP(=O)(OCC)C(C#N)NC(=O)Nc1ccc(Cl)cc1. The van der Waals surface area contributed by atoms with Crippen LogP contribution in [-0.2, 0) is 13.6 Å². The van der Waals surface area contributed by atoms with E-state index in [0.717, 1.165) is 0 Å². The number of carbonyl (C=O) groups excluding carboxylic acids is 1. The highest BCUT2D eigenvalue weighted by Gasteiger charge is 2.37. The first kappa shape index (κ1) is 18.5. The van der Waals surface area contributed by atoms with E-state index in [-0.39, 0.29) is 13.2 Å². The first-order valence-corrected chi connectivity index (χ1v) is 8.55.